The van der Waals surface area contributed by atoms with Crippen LogP contribution in [0.5, 0.6) is 0 Å². The highest BCUT2D eigenvalue weighted by Crippen LogP contribution is 2.26. The third-order valence-electron chi connectivity index (χ3n) is 4.98. The second-order valence-electron chi connectivity index (χ2n) is 6.72. The number of amides is 1. The summed E-state index contributed by atoms with van der Waals surface area (Å²) in [5.41, 5.74) is 5.00. The van der Waals surface area contributed by atoms with Gasteiger partial charge in [-0.15, -0.1) is 0 Å². The van der Waals surface area contributed by atoms with E-state index >= 15 is 0 Å². The Hall–Kier alpha value is -2.13. The molecule has 0 unspecified atom stereocenters. The molecule has 1 aliphatic rings. The van der Waals surface area contributed by atoms with Crippen LogP contribution in [0.15, 0.2) is 48.5 Å². The van der Waals surface area contributed by atoms with Crippen LogP contribution in [-0.2, 0) is 17.6 Å². The van der Waals surface area contributed by atoms with Crippen molar-refractivity contribution in [2.24, 2.45) is 0 Å². The lowest BCUT2D eigenvalue weighted by molar-refractivity contribution is -0.714. The summed E-state index contributed by atoms with van der Waals surface area (Å²) in [6, 6.07) is 17.0. The molecule has 0 fully saturated rings. The van der Waals surface area contributed by atoms with Gasteiger partial charge in [-0.3, -0.25) is 4.79 Å². The molecule has 3 rings (SSSR count). The number of carbonyl (C=O) groups excluding carboxylic acids is 1. The van der Waals surface area contributed by atoms with Crippen LogP contribution < -0.4 is 10.6 Å². The highest BCUT2D eigenvalue weighted by Gasteiger charge is 2.27. The summed E-state index contributed by atoms with van der Waals surface area (Å²) in [7, 11) is 0. The van der Waals surface area contributed by atoms with Crippen molar-refractivity contribution in [3.63, 3.8) is 0 Å². The Labute approximate surface area is 144 Å². The molecule has 1 amide bonds. The van der Waals surface area contributed by atoms with Crippen LogP contribution in [0.25, 0.3) is 0 Å². The maximum Gasteiger partial charge on any atom is 0.282 e. The van der Waals surface area contributed by atoms with Crippen LogP contribution in [0.4, 0.5) is 5.69 Å². The predicted molar refractivity (Wildman–Crippen MR) is 98.0 cm³/mol. The lowest BCUT2D eigenvalue weighted by Crippen LogP contribution is -2.92. The van der Waals surface area contributed by atoms with Crippen LogP contribution >= 0.6 is 0 Å². The number of hydrogen-bond donors (Lipinski definition) is 2. The number of quaternary nitrogens is 1. The molecule has 126 valence electrons. The summed E-state index contributed by atoms with van der Waals surface area (Å²) < 4.78 is 0. The van der Waals surface area contributed by atoms with E-state index in [0.29, 0.717) is 6.04 Å². The largest absolute Gasteiger partial charge is 0.330 e. The predicted octanol–water partition coefficient (Wildman–Crippen LogP) is 3.22. The van der Waals surface area contributed by atoms with E-state index in [1.807, 2.05) is 19.1 Å². The molecule has 3 heteroatoms. The molecule has 0 bridgehead atoms. The Kier molecular flexibility index (Phi) is 5.31. The van der Waals surface area contributed by atoms with Gasteiger partial charge in [0.1, 0.15) is 6.04 Å². The summed E-state index contributed by atoms with van der Waals surface area (Å²) >= 11 is 0. The second-order valence-corrected chi connectivity index (χ2v) is 6.72. The molecule has 0 saturated carbocycles. The quantitative estimate of drug-likeness (QED) is 0.872. The van der Waals surface area contributed by atoms with Crippen LogP contribution in [0.3, 0.4) is 0 Å². The highest BCUT2D eigenvalue weighted by atomic mass is 16.2. The van der Waals surface area contributed by atoms with Gasteiger partial charge < -0.3 is 10.6 Å². The molecule has 0 radical (unpaired) electrons. The van der Waals surface area contributed by atoms with Gasteiger partial charge in [-0.2, -0.15) is 0 Å². The molecule has 0 saturated heterocycles. The SMILES string of the molecule is CCc1ccc(NC(=O)[C@H](C)[NH2+][C@@H]2CCCc3ccccc32)cc1. The Morgan fingerprint density at radius 2 is 1.96 bits per heavy atom. The van der Waals surface area contributed by atoms with E-state index in [4.69, 9.17) is 0 Å². The first-order valence-corrected chi connectivity index (χ1v) is 9.00. The van der Waals surface area contributed by atoms with Crippen molar-refractivity contribution in [2.75, 3.05) is 5.32 Å². The summed E-state index contributed by atoms with van der Waals surface area (Å²) in [4.78, 5) is 12.5. The molecular formula is C21H27N2O+. The van der Waals surface area contributed by atoms with Gasteiger partial charge in [-0.25, -0.2) is 0 Å². The van der Waals surface area contributed by atoms with E-state index in [-0.39, 0.29) is 11.9 Å². The van der Waals surface area contributed by atoms with E-state index in [1.165, 1.54) is 23.1 Å². The van der Waals surface area contributed by atoms with E-state index in [0.717, 1.165) is 24.9 Å². The van der Waals surface area contributed by atoms with Crippen molar-refractivity contribution in [3.8, 4) is 0 Å². The van der Waals surface area contributed by atoms with Crippen molar-refractivity contribution < 1.29 is 10.1 Å². The number of carbonyl (C=O) groups is 1. The molecule has 0 spiro atoms. The van der Waals surface area contributed by atoms with Gasteiger partial charge in [0.15, 0.2) is 6.04 Å². The minimum atomic E-state index is -0.105. The topological polar surface area (TPSA) is 45.7 Å². The number of nitrogens with one attached hydrogen (secondary N) is 1. The summed E-state index contributed by atoms with van der Waals surface area (Å²) in [5.74, 6) is 0.0716. The molecule has 0 aromatic heterocycles. The third-order valence-corrected chi connectivity index (χ3v) is 4.98. The highest BCUT2D eigenvalue weighted by molar-refractivity contribution is 5.93. The molecule has 0 heterocycles. The number of hydrogen-bond acceptors (Lipinski definition) is 1. The lowest BCUT2D eigenvalue weighted by atomic mass is 9.87. The molecule has 0 aliphatic heterocycles. The summed E-state index contributed by atoms with van der Waals surface area (Å²) in [5, 5.41) is 5.25. The Balaban J connectivity index is 1.62. The van der Waals surface area contributed by atoms with E-state index < -0.39 is 0 Å². The maximum absolute atomic E-state index is 12.5. The molecule has 24 heavy (non-hydrogen) atoms. The summed E-state index contributed by atoms with van der Waals surface area (Å²) in [6.07, 6.45) is 4.51. The van der Waals surface area contributed by atoms with Crippen molar-refractivity contribution >= 4 is 11.6 Å². The molecule has 3 nitrogen and oxygen atoms in total. The standard InChI is InChI=1S/C21H26N2O/c1-3-16-11-13-18(14-12-16)23-21(24)15(2)22-20-10-6-8-17-7-4-5-9-19(17)20/h4-5,7,9,11-15,20,22H,3,6,8,10H2,1-2H3,(H,23,24)/p+1/t15-,20+/m0/s1. The van der Waals surface area contributed by atoms with E-state index in [9.17, 15) is 4.79 Å². The van der Waals surface area contributed by atoms with Gasteiger partial charge in [0.2, 0.25) is 0 Å². The van der Waals surface area contributed by atoms with Crippen molar-refractivity contribution in [1.82, 2.24) is 0 Å². The van der Waals surface area contributed by atoms with Gasteiger partial charge in [-0.05, 0) is 49.4 Å². The minimum absolute atomic E-state index is 0.0716. The molecule has 2 aromatic rings. The van der Waals surface area contributed by atoms with Crippen LogP contribution in [-0.4, -0.2) is 11.9 Å². The normalized spacial score (nSPS) is 17.8. The van der Waals surface area contributed by atoms with Gasteiger partial charge in [0.05, 0.1) is 0 Å². The Morgan fingerprint density at radius 1 is 1.21 bits per heavy atom. The third kappa shape index (κ3) is 3.85. The van der Waals surface area contributed by atoms with Crippen LogP contribution in [0.1, 0.15) is 49.4 Å². The fourth-order valence-electron chi connectivity index (χ4n) is 3.51. The van der Waals surface area contributed by atoms with Crippen molar-refractivity contribution in [1.29, 1.82) is 0 Å². The van der Waals surface area contributed by atoms with Crippen LogP contribution in [0.2, 0.25) is 0 Å². The number of benzene rings is 2. The summed E-state index contributed by atoms with van der Waals surface area (Å²) in [6.45, 7) is 4.12. The second kappa shape index (κ2) is 7.63. The zero-order chi connectivity index (χ0) is 16.9. The zero-order valence-electron chi connectivity index (χ0n) is 14.6. The maximum atomic E-state index is 12.5. The van der Waals surface area contributed by atoms with Gasteiger partial charge >= 0.3 is 0 Å². The van der Waals surface area contributed by atoms with E-state index in [1.54, 1.807) is 0 Å². The number of aryl methyl sites for hydroxylation is 2. The van der Waals surface area contributed by atoms with Gasteiger partial charge in [0, 0.05) is 17.7 Å². The molecule has 2 atom stereocenters. The Morgan fingerprint density at radius 3 is 2.71 bits per heavy atom. The fraction of sp³-hybridized carbons (Fsp3) is 0.381. The van der Waals surface area contributed by atoms with Crippen molar-refractivity contribution in [3.05, 3.63) is 65.2 Å². The zero-order valence-corrected chi connectivity index (χ0v) is 14.6. The van der Waals surface area contributed by atoms with Gasteiger partial charge in [-0.1, -0.05) is 43.3 Å². The van der Waals surface area contributed by atoms with Crippen LogP contribution in [0, 0.1) is 0 Å². The molecule has 2 aromatic carbocycles. The molecular weight excluding hydrogens is 296 g/mol. The molecule has 3 N–H and O–H groups in total. The Bertz CT molecular complexity index is 693. The van der Waals surface area contributed by atoms with E-state index in [2.05, 4.69) is 54.0 Å². The molecule has 1 aliphatic carbocycles. The smallest absolute Gasteiger partial charge is 0.282 e. The van der Waals surface area contributed by atoms with Crippen molar-refractivity contribution in [2.45, 2.75) is 51.6 Å². The number of fused-ring (bicyclic) bond motifs is 1. The first-order valence-electron chi connectivity index (χ1n) is 9.00. The number of anilines is 1. The average molecular weight is 323 g/mol. The van der Waals surface area contributed by atoms with Gasteiger partial charge in [0.25, 0.3) is 5.91 Å². The first kappa shape index (κ1) is 16.7. The lowest BCUT2D eigenvalue weighted by Gasteiger charge is -2.26. The average Bonchev–Trinajstić information content (AvgIpc) is 2.62. The monoisotopic (exact) mass is 323 g/mol. The fourth-order valence-corrected chi connectivity index (χ4v) is 3.51. The number of rotatable bonds is 5. The minimum Gasteiger partial charge on any atom is -0.330 e. The first-order chi connectivity index (χ1) is 11.7. The number of nitrogens with two attached hydrogens (primary N) is 1.